The number of nitrogens with zero attached hydrogens (tertiary/aromatic N) is 5. The van der Waals surface area contributed by atoms with Gasteiger partial charge in [-0.25, -0.2) is 5.01 Å². The minimum Gasteiger partial charge on any atom is -0.481 e. The van der Waals surface area contributed by atoms with Gasteiger partial charge in [0.15, 0.2) is 5.82 Å². The van der Waals surface area contributed by atoms with Crippen molar-refractivity contribution >= 4 is 22.9 Å². The quantitative estimate of drug-likeness (QED) is 0.215. The minimum absolute atomic E-state index is 0.0656. The van der Waals surface area contributed by atoms with Gasteiger partial charge in [0.05, 0.1) is 18.9 Å². The molecule has 0 saturated heterocycles. The van der Waals surface area contributed by atoms with Gasteiger partial charge in [0.2, 0.25) is 5.88 Å². The first-order valence-corrected chi connectivity index (χ1v) is 14.7. The van der Waals surface area contributed by atoms with Crippen molar-refractivity contribution in [1.29, 1.82) is 0 Å². The zero-order valence-electron chi connectivity index (χ0n) is 24.4. The van der Waals surface area contributed by atoms with Crippen LogP contribution >= 0.6 is 0 Å². The van der Waals surface area contributed by atoms with Gasteiger partial charge < -0.3 is 14.5 Å². The summed E-state index contributed by atoms with van der Waals surface area (Å²) in [5, 5.41) is 7.20. The average molecular weight is 528 g/mol. The Labute approximate surface area is 235 Å². The Hall–Kier alpha value is -3.54. The Bertz CT molecular complexity index is 1180. The summed E-state index contributed by atoms with van der Waals surface area (Å²) in [5.74, 6) is 1.39. The van der Waals surface area contributed by atoms with Crippen molar-refractivity contribution in [3.05, 3.63) is 77.9 Å². The molecule has 1 aliphatic heterocycles. The fraction of sp³-hybridized carbons (Fsp3) is 0.455. The van der Waals surface area contributed by atoms with Crippen LogP contribution in [0.5, 0.6) is 5.88 Å². The first-order chi connectivity index (χ1) is 19.1. The van der Waals surface area contributed by atoms with Crippen LogP contribution in [0.4, 0.5) is 17.2 Å². The molecule has 208 valence electrons. The lowest BCUT2D eigenvalue weighted by Gasteiger charge is -2.26. The van der Waals surface area contributed by atoms with E-state index in [0.717, 1.165) is 75.4 Å². The molecule has 6 nitrogen and oxygen atoms in total. The highest BCUT2D eigenvalue weighted by atomic mass is 16.5. The Morgan fingerprint density at radius 1 is 0.744 bits per heavy atom. The summed E-state index contributed by atoms with van der Waals surface area (Å²) in [6.45, 7) is 13.3. The lowest BCUT2D eigenvalue weighted by Crippen LogP contribution is -2.25. The molecule has 0 fully saturated rings. The number of aromatic nitrogens is 1. The summed E-state index contributed by atoms with van der Waals surface area (Å²) >= 11 is 0. The molecular weight excluding hydrogens is 482 g/mol. The van der Waals surface area contributed by atoms with Gasteiger partial charge in [-0.2, -0.15) is 10.1 Å². The first kappa shape index (κ1) is 28.5. The van der Waals surface area contributed by atoms with Crippen molar-refractivity contribution in [3.63, 3.8) is 0 Å². The van der Waals surface area contributed by atoms with Crippen LogP contribution < -0.4 is 19.5 Å². The van der Waals surface area contributed by atoms with Crippen LogP contribution in [0.1, 0.15) is 77.0 Å². The van der Waals surface area contributed by atoms with Crippen LogP contribution in [0.3, 0.4) is 0 Å². The molecule has 39 heavy (non-hydrogen) atoms. The molecule has 3 aromatic rings. The highest BCUT2D eigenvalue weighted by molar-refractivity contribution is 6.03. The molecule has 0 aliphatic carbocycles. The second kappa shape index (κ2) is 14.0. The summed E-state index contributed by atoms with van der Waals surface area (Å²) in [6, 6.07) is 23.9. The molecule has 1 aliphatic rings. The van der Waals surface area contributed by atoms with E-state index in [0.29, 0.717) is 5.88 Å². The Morgan fingerprint density at radius 3 is 1.79 bits per heavy atom. The first-order valence-electron chi connectivity index (χ1n) is 14.7. The molecule has 1 unspecified atom stereocenters. The number of anilines is 3. The van der Waals surface area contributed by atoms with Crippen LogP contribution in [0, 0.1) is 0 Å². The summed E-state index contributed by atoms with van der Waals surface area (Å²) in [5.41, 5.74) is 6.05. The maximum absolute atomic E-state index is 5.43. The number of hydrazone groups is 1. The molecule has 2 heterocycles. The maximum Gasteiger partial charge on any atom is 0.214 e. The Balaban J connectivity index is 1.64. The van der Waals surface area contributed by atoms with E-state index < -0.39 is 0 Å². The fourth-order valence-corrected chi connectivity index (χ4v) is 5.39. The maximum atomic E-state index is 5.43. The number of benzene rings is 2. The number of hydrogen-bond donors (Lipinski definition) is 0. The SMILES string of the molecule is CCCN(CCC)c1ccc(C2=NN(c3cccc(OC)n3)C(c3ccc(N(CCC)CCC)cc3)C2)cc1. The molecule has 0 saturated carbocycles. The van der Waals surface area contributed by atoms with Crippen molar-refractivity contribution in [2.75, 3.05) is 48.1 Å². The van der Waals surface area contributed by atoms with Gasteiger partial charge in [0.1, 0.15) is 0 Å². The topological polar surface area (TPSA) is 44.2 Å². The van der Waals surface area contributed by atoms with E-state index in [1.54, 1.807) is 7.11 Å². The van der Waals surface area contributed by atoms with E-state index in [2.05, 4.69) is 91.0 Å². The fourth-order valence-electron chi connectivity index (χ4n) is 5.39. The van der Waals surface area contributed by atoms with E-state index in [-0.39, 0.29) is 6.04 Å². The van der Waals surface area contributed by atoms with Crippen molar-refractivity contribution in [2.24, 2.45) is 5.10 Å². The largest absolute Gasteiger partial charge is 0.481 e. The van der Waals surface area contributed by atoms with Crippen LogP contribution in [-0.4, -0.2) is 44.0 Å². The van der Waals surface area contributed by atoms with Crippen molar-refractivity contribution in [1.82, 2.24) is 4.98 Å². The third-order valence-electron chi connectivity index (χ3n) is 7.25. The monoisotopic (exact) mass is 527 g/mol. The van der Waals surface area contributed by atoms with Crippen LogP contribution in [0.15, 0.2) is 71.8 Å². The van der Waals surface area contributed by atoms with Gasteiger partial charge in [-0.05, 0) is 67.1 Å². The summed E-state index contributed by atoms with van der Waals surface area (Å²) in [4.78, 5) is 9.68. The lowest BCUT2D eigenvalue weighted by atomic mass is 9.97. The van der Waals surface area contributed by atoms with E-state index >= 15 is 0 Å². The van der Waals surface area contributed by atoms with Gasteiger partial charge in [-0.3, -0.25) is 0 Å². The predicted molar refractivity (Wildman–Crippen MR) is 166 cm³/mol. The number of rotatable bonds is 14. The van der Waals surface area contributed by atoms with Crippen LogP contribution in [-0.2, 0) is 0 Å². The lowest BCUT2D eigenvalue weighted by molar-refractivity contribution is 0.397. The van der Waals surface area contributed by atoms with E-state index in [1.807, 2.05) is 18.2 Å². The molecule has 0 amide bonds. The predicted octanol–water partition coefficient (Wildman–Crippen LogP) is 7.70. The number of methoxy groups -OCH3 is 1. The molecular formula is C33H45N5O. The highest BCUT2D eigenvalue weighted by Gasteiger charge is 2.31. The van der Waals surface area contributed by atoms with Gasteiger partial charge in [0, 0.05) is 50.0 Å². The zero-order valence-corrected chi connectivity index (χ0v) is 24.4. The standard InChI is InChI=1S/C33H45N5O/c1-6-21-36(22-7-2)28-17-13-26(14-18-28)30-25-31(38(35-30)32-11-10-12-33(34-32)39-5)27-15-19-29(20-16-27)37(23-8-3)24-9-4/h10-20,31H,6-9,21-25H2,1-5H3. The normalized spacial score (nSPS) is 14.8. The average Bonchev–Trinajstić information content (AvgIpc) is 3.43. The molecule has 1 aromatic heterocycles. The van der Waals surface area contributed by atoms with E-state index in [4.69, 9.17) is 14.8 Å². The van der Waals surface area contributed by atoms with E-state index in [1.165, 1.54) is 16.9 Å². The van der Waals surface area contributed by atoms with Crippen molar-refractivity contribution < 1.29 is 4.74 Å². The molecule has 0 radical (unpaired) electrons. The third-order valence-corrected chi connectivity index (χ3v) is 7.25. The number of hydrogen-bond acceptors (Lipinski definition) is 6. The molecule has 0 spiro atoms. The molecule has 1 atom stereocenters. The second-order valence-corrected chi connectivity index (χ2v) is 10.3. The van der Waals surface area contributed by atoms with Gasteiger partial charge in [-0.15, -0.1) is 0 Å². The van der Waals surface area contributed by atoms with E-state index in [9.17, 15) is 0 Å². The van der Waals surface area contributed by atoms with Crippen LogP contribution in [0.2, 0.25) is 0 Å². The minimum atomic E-state index is 0.0656. The van der Waals surface area contributed by atoms with Crippen molar-refractivity contribution in [3.8, 4) is 5.88 Å². The molecule has 6 heteroatoms. The molecule has 2 aromatic carbocycles. The highest BCUT2D eigenvalue weighted by Crippen LogP contribution is 2.37. The Morgan fingerprint density at radius 2 is 1.28 bits per heavy atom. The Kier molecular flexibility index (Phi) is 10.2. The number of pyridine rings is 1. The summed E-state index contributed by atoms with van der Waals surface area (Å²) in [6.07, 6.45) is 5.39. The van der Waals surface area contributed by atoms with Gasteiger partial charge in [0.25, 0.3) is 0 Å². The smallest absolute Gasteiger partial charge is 0.214 e. The van der Waals surface area contributed by atoms with Crippen LogP contribution in [0.25, 0.3) is 0 Å². The molecule has 4 rings (SSSR count). The summed E-state index contributed by atoms with van der Waals surface area (Å²) < 4.78 is 5.43. The second-order valence-electron chi connectivity index (χ2n) is 10.3. The zero-order chi connectivity index (χ0) is 27.6. The molecule has 0 bridgehead atoms. The summed E-state index contributed by atoms with van der Waals surface area (Å²) in [7, 11) is 1.65. The third kappa shape index (κ3) is 6.92. The molecule has 0 N–H and O–H groups in total. The van der Waals surface area contributed by atoms with Gasteiger partial charge in [-0.1, -0.05) is 58.0 Å². The number of ether oxygens (including phenoxy) is 1. The van der Waals surface area contributed by atoms with Crippen molar-refractivity contribution in [2.45, 2.75) is 65.8 Å². The van der Waals surface area contributed by atoms with Gasteiger partial charge >= 0.3 is 0 Å².